The SMILES string of the molecule is Cc1ccccc1C(O)c1ccc(S(C)(=O)=O)cc1. The van der Waals surface area contributed by atoms with Gasteiger partial charge in [-0.15, -0.1) is 0 Å². The van der Waals surface area contributed by atoms with Gasteiger partial charge in [-0.2, -0.15) is 0 Å². The fourth-order valence-electron chi connectivity index (χ4n) is 1.97. The van der Waals surface area contributed by atoms with Crippen molar-refractivity contribution in [1.29, 1.82) is 0 Å². The van der Waals surface area contributed by atoms with E-state index in [4.69, 9.17) is 0 Å². The van der Waals surface area contributed by atoms with E-state index in [2.05, 4.69) is 0 Å². The Bertz CT molecular complexity index is 673. The normalized spacial score (nSPS) is 13.2. The van der Waals surface area contributed by atoms with Crippen LogP contribution in [0.5, 0.6) is 0 Å². The summed E-state index contributed by atoms with van der Waals surface area (Å²) in [6, 6.07) is 13.9. The molecule has 0 aliphatic carbocycles. The molecule has 100 valence electrons. The van der Waals surface area contributed by atoms with Crippen LogP contribution in [-0.4, -0.2) is 19.8 Å². The number of aryl methyl sites for hydroxylation is 1. The molecule has 4 heteroatoms. The summed E-state index contributed by atoms with van der Waals surface area (Å²) in [5, 5.41) is 10.3. The van der Waals surface area contributed by atoms with Crippen molar-refractivity contribution in [3.63, 3.8) is 0 Å². The van der Waals surface area contributed by atoms with Gasteiger partial charge in [0.15, 0.2) is 9.84 Å². The summed E-state index contributed by atoms with van der Waals surface area (Å²) >= 11 is 0. The van der Waals surface area contributed by atoms with Crippen LogP contribution >= 0.6 is 0 Å². The second-order valence-electron chi connectivity index (χ2n) is 4.60. The molecule has 0 aromatic heterocycles. The summed E-state index contributed by atoms with van der Waals surface area (Å²) in [6.07, 6.45) is 0.426. The molecule has 1 unspecified atom stereocenters. The van der Waals surface area contributed by atoms with Crippen LogP contribution in [0.2, 0.25) is 0 Å². The van der Waals surface area contributed by atoms with Gasteiger partial charge in [-0.25, -0.2) is 8.42 Å². The third-order valence-corrected chi connectivity index (χ3v) is 4.24. The van der Waals surface area contributed by atoms with E-state index < -0.39 is 15.9 Å². The average Bonchev–Trinajstić information content (AvgIpc) is 2.38. The van der Waals surface area contributed by atoms with Crippen LogP contribution in [0.15, 0.2) is 53.4 Å². The quantitative estimate of drug-likeness (QED) is 0.937. The number of rotatable bonds is 3. The summed E-state index contributed by atoms with van der Waals surface area (Å²) in [4.78, 5) is 0.258. The Hall–Kier alpha value is -1.65. The Balaban J connectivity index is 2.36. The Kier molecular flexibility index (Phi) is 3.73. The molecule has 0 aliphatic heterocycles. The first-order valence-corrected chi connectivity index (χ1v) is 7.82. The predicted octanol–water partition coefficient (Wildman–Crippen LogP) is 2.48. The third-order valence-electron chi connectivity index (χ3n) is 3.11. The van der Waals surface area contributed by atoms with Gasteiger partial charge in [0, 0.05) is 6.26 Å². The fraction of sp³-hybridized carbons (Fsp3) is 0.200. The first-order chi connectivity index (χ1) is 8.89. The molecule has 1 N–H and O–H groups in total. The molecule has 2 rings (SSSR count). The topological polar surface area (TPSA) is 54.4 Å². The molecule has 2 aromatic rings. The van der Waals surface area contributed by atoms with Crippen molar-refractivity contribution >= 4 is 9.84 Å². The molecule has 0 bridgehead atoms. The van der Waals surface area contributed by atoms with Crippen LogP contribution in [0.25, 0.3) is 0 Å². The van der Waals surface area contributed by atoms with E-state index in [0.29, 0.717) is 5.56 Å². The molecule has 1 atom stereocenters. The highest BCUT2D eigenvalue weighted by Gasteiger charge is 2.13. The number of aliphatic hydroxyl groups is 1. The van der Waals surface area contributed by atoms with Crippen LogP contribution in [0.1, 0.15) is 22.8 Å². The summed E-state index contributed by atoms with van der Waals surface area (Å²) in [6.45, 7) is 1.93. The molecule has 0 fully saturated rings. The Labute approximate surface area is 113 Å². The minimum atomic E-state index is -3.20. The zero-order valence-corrected chi connectivity index (χ0v) is 11.7. The maximum atomic E-state index is 11.4. The average molecular weight is 276 g/mol. The summed E-state index contributed by atoms with van der Waals surface area (Å²) < 4.78 is 22.8. The van der Waals surface area contributed by atoms with Crippen molar-refractivity contribution < 1.29 is 13.5 Å². The number of benzene rings is 2. The minimum Gasteiger partial charge on any atom is -0.384 e. The Morgan fingerprint density at radius 1 is 1.00 bits per heavy atom. The zero-order chi connectivity index (χ0) is 14.0. The summed E-state index contributed by atoms with van der Waals surface area (Å²) in [5.41, 5.74) is 2.51. The largest absolute Gasteiger partial charge is 0.384 e. The van der Waals surface area contributed by atoms with E-state index in [1.54, 1.807) is 12.1 Å². The van der Waals surface area contributed by atoms with Crippen LogP contribution in [0, 0.1) is 6.92 Å². The highest BCUT2D eigenvalue weighted by Crippen LogP contribution is 2.25. The molecule has 0 saturated heterocycles. The zero-order valence-electron chi connectivity index (χ0n) is 10.9. The molecule has 2 aromatic carbocycles. The molecule has 19 heavy (non-hydrogen) atoms. The molecule has 0 spiro atoms. The predicted molar refractivity (Wildman–Crippen MR) is 74.8 cm³/mol. The third kappa shape index (κ3) is 3.03. The van der Waals surface area contributed by atoms with Crippen LogP contribution < -0.4 is 0 Å². The highest BCUT2D eigenvalue weighted by atomic mass is 32.2. The van der Waals surface area contributed by atoms with Gasteiger partial charge in [-0.1, -0.05) is 36.4 Å². The molecule has 3 nitrogen and oxygen atoms in total. The molecule has 0 amide bonds. The first kappa shape index (κ1) is 13.8. The van der Waals surface area contributed by atoms with Gasteiger partial charge in [0.2, 0.25) is 0 Å². The van der Waals surface area contributed by atoms with E-state index in [-0.39, 0.29) is 4.90 Å². The lowest BCUT2D eigenvalue weighted by atomic mass is 9.98. The number of sulfone groups is 1. The van der Waals surface area contributed by atoms with Crippen molar-refractivity contribution in [2.45, 2.75) is 17.9 Å². The van der Waals surface area contributed by atoms with Crippen molar-refractivity contribution in [3.05, 3.63) is 65.2 Å². The Morgan fingerprint density at radius 2 is 1.58 bits per heavy atom. The standard InChI is InChI=1S/C15H16O3S/c1-11-5-3-4-6-14(11)15(16)12-7-9-13(10-8-12)19(2,17)18/h3-10,15-16H,1-2H3. The lowest BCUT2D eigenvalue weighted by Gasteiger charge is -2.14. The second kappa shape index (κ2) is 5.15. The van der Waals surface area contributed by atoms with Gasteiger partial charge in [-0.3, -0.25) is 0 Å². The fourth-order valence-corrected chi connectivity index (χ4v) is 2.60. The minimum absolute atomic E-state index is 0.258. The van der Waals surface area contributed by atoms with Crippen molar-refractivity contribution in [2.75, 3.05) is 6.26 Å². The highest BCUT2D eigenvalue weighted by molar-refractivity contribution is 7.90. The Morgan fingerprint density at radius 3 is 2.11 bits per heavy atom. The van der Waals surface area contributed by atoms with Gasteiger partial charge in [-0.05, 0) is 35.7 Å². The van der Waals surface area contributed by atoms with Gasteiger partial charge in [0.25, 0.3) is 0 Å². The molecule has 0 aliphatic rings. The first-order valence-electron chi connectivity index (χ1n) is 5.93. The molecular formula is C15H16O3S. The van der Waals surface area contributed by atoms with E-state index >= 15 is 0 Å². The van der Waals surface area contributed by atoms with Gasteiger partial charge in [0.1, 0.15) is 6.10 Å². The maximum absolute atomic E-state index is 11.4. The van der Waals surface area contributed by atoms with E-state index in [1.807, 2.05) is 31.2 Å². The number of aliphatic hydroxyl groups excluding tert-OH is 1. The smallest absolute Gasteiger partial charge is 0.175 e. The van der Waals surface area contributed by atoms with Crippen LogP contribution in [-0.2, 0) is 9.84 Å². The van der Waals surface area contributed by atoms with Gasteiger partial charge < -0.3 is 5.11 Å². The van der Waals surface area contributed by atoms with Crippen LogP contribution in [0.4, 0.5) is 0 Å². The second-order valence-corrected chi connectivity index (χ2v) is 6.62. The van der Waals surface area contributed by atoms with E-state index in [1.165, 1.54) is 18.4 Å². The molecule has 0 heterocycles. The van der Waals surface area contributed by atoms with Crippen molar-refractivity contribution in [2.24, 2.45) is 0 Å². The van der Waals surface area contributed by atoms with Crippen molar-refractivity contribution in [3.8, 4) is 0 Å². The lowest BCUT2D eigenvalue weighted by molar-refractivity contribution is 0.219. The van der Waals surface area contributed by atoms with E-state index in [9.17, 15) is 13.5 Å². The molecule has 0 saturated carbocycles. The molecule has 0 radical (unpaired) electrons. The number of hydrogen-bond donors (Lipinski definition) is 1. The van der Waals surface area contributed by atoms with E-state index in [0.717, 1.165) is 11.1 Å². The molecular weight excluding hydrogens is 260 g/mol. The van der Waals surface area contributed by atoms with Gasteiger partial charge in [0.05, 0.1) is 4.90 Å². The van der Waals surface area contributed by atoms with Crippen LogP contribution in [0.3, 0.4) is 0 Å². The summed E-state index contributed by atoms with van der Waals surface area (Å²) in [7, 11) is -3.20. The number of hydrogen-bond acceptors (Lipinski definition) is 3. The van der Waals surface area contributed by atoms with Gasteiger partial charge >= 0.3 is 0 Å². The summed E-state index contributed by atoms with van der Waals surface area (Å²) in [5.74, 6) is 0. The van der Waals surface area contributed by atoms with Crippen molar-refractivity contribution in [1.82, 2.24) is 0 Å². The monoisotopic (exact) mass is 276 g/mol. The maximum Gasteiger partial charge on any atom is 0.175 e. The lowest BCUT2D eigenvalue weighted by Crippen LogP contribution is -2.03.